The number of anilines is 1. The molecule has 4 rings (SSSR count). The molecule has 37 heavy (non-hydrogen) atoms. The van der Waals surface area contributed by atoms with Crippen LogP contribution in [-0.4, -0.2) is 72.2 Å². The fourth-order valence-electron chi connectivity index (χ4n) is 3.89. The number of hydrogen-bond donors (Lipinski definition) is 5. The average molecular weight is 555 g/mol. The summed E-state index contributed by atoms with van der Waals surface area (Å²) in [7, 11) is -7.87. The van der Waals surface area contributed by atoms with Crippen LogP contribution in [-0.2, 0) is 24.8 Å². The number of nitrogens with two attached hydrogens (primary N) is 2. The predicted molar refractivity (Wildman–Crippen MR) is 129 cm³/mol. The highest BCUT2D eigenvalue weighted by atomic mass is 32.2. The van der Waals surface area contributed by atoms with Gasteiger partial charge in [-0.05, 0) is 12.1 Å². The van der Waals surface area contributed by atoms with E-state index in [9.17, 15) is 31.4 Å². The second-order valence-electron chi connectivity index (χ2n) is 8.11. The average Bonchev–Trinajstić information content (AvgIpc) is 3.34. The first kappa shape index (κ1) is 26.9. The molecule has 198 valence electrons. The Balaban J connectivity index is 1.80. The lowest BCUT2D eigenvalue weighted by molar-refractivity contribution is -0.0327. The van der Waals surface area contributed by atoms with Crippen LogP contribution in [0.15, 0.2) is 35.6 Å². The zero-order chi connectivity index (χ0) is 27.1. The summed E-state index contributed by atoms with van der Waals surface area (Å²) in [5, 5.41) is 26.1. The Hall–Kier alpha value is -3.17. The molecule has 4 atom stereocenters. The maximum atomic E-state index is 14.6. The third-order valence-electron chi connectivity index (χ3n) is 5.75. The minimum absolute atomic E-state index is 0.0107. The van der Waals surface area contributed by atoms with Crippen LogP contribution in [0.2, 0.25) is 0 Å². The van der Waals surface area contributed by atoms with Crippen molar-refractivity contribution in [3.8, 4) is 11.8 Å². The van der Waals surface area contributed by atoms with Crippen molar-refractivity contribution >= 4 is 36.9 Å². The molecular weight excluding hydrogens is 531 g/mol. The SMILES string of the molecule is CCS(=O)(=O)c1cccc(F)c1C#Cc1cn([C@@H]2O[C@H](CNS(N)(=O)=O)[C@@H](O)[C@H]2O)c2ncnc(N)c12. The molecule has 1 aliphatic rings. The number of ether oxygens (including phenoxy) is 1. The summed E-state index contributed by atoms with van der Waals surface area (Å²) in [4.78, 5) is 7.81. The normalized spacial score (nSPS) is 22.2. The molecule has 1 aromatic carbocycles. The van der Waals surface area contributed by atoms with Gasteiger partial charge in [-0.2, -0.15) is 13.1 Å². The second kappa shape index (κ2) is 9.95. The first-order valence-electron chi connectivity index (χ1n) is 10.8. The summed E-state index contributed by atoms with van der Waals surface area (Å²) in [6.07, 6.45) is -2.92. The van der Waals surface area contributed by atoms with Crippen molar-refractivity contribution in [1.82, 2.24) is 19.3 Å². The molecule has 1 fully saturated rings. The number of rotatable bonds is 6. The molecule has 13 nitrogen and oxygen atoms in total. The van der Waals surface area contributed by atoms with Crippen LogP contribution in [0.25, 0.3) is 11.0 Å². The molecule has 7 N–H and O–H groups in total. The van der Waals surface area contributed by atoms with E-state index in [1.54, 1.807) is 0 Å². The Kier molecular flexibility index (Phi) is 7.23. The van der Waals surface area contributed by atoms with Gasteiger partial charge >= 0.3 is 0 Å². The fraction of sp³-hybridized carbons (Fsp3) is 0.333. The van der Waals surface area contributed by atoms with Crippen molar-refractivity contribution in [2.75, 3.05) is 18.0 Å². The Bertz CT molecular complexity index is 1630. The maximum Gasteiger partial charge on any atom is 0.274 e. The lowest BCUT2D eigenvalue weighted by Gasteiger charge is -2.17. The van der Waals surface area contributed by atoms with Crippen molar-refractivity contribution < 1.29 is 36.2 Å². The summed E-state index contributed by atoms with van der Waals surface area (Å²) in [5.74, 6) is 4.16. The molecule has 0 unspecified atom stereocenters. The lowest BCUT2D eigenvalue weighted by Crippen LogP contribution is -2.42. The molecule has 0 bridgehead atoms. The highest BCUT2D eigenvalue weighted by Gasteiger charge is 2.44. The van der Waals surface area contributed by atoms with Crippen LogP contribution in [0.1, 0.15) is 24.3 Å². The van der Waals surface area contributed by atoms with Crippen molar-refractivity contribution in [3.05, 3.63) is 47.7 Å². The minimum Gasteiger partial charge on any atom is -0.387 e. The highest BCUT2D eigenvalue weighted by Crippen LogP contribution is 2.34. The third-order valence-corrected chi connectivity index (χ3v) is 8.09. The fourth-order valence-corrected chi connectivity index (χ4v) is 5.35. The number of aliphatic hydroxyl groups is 2. The van der Waals surface area contributed by atoms with E-state index in [1.807, 2.05) is 4.72 Å². The van der Waals surface area contributed by atoms with Gasteiger partial charge in [0.05, 0.1) is 27.2 Å². The van der Waals surface area contributed by atoms with Crippen LogP contribution >= 0.6 is 0 Å². The maximum absolute atomic E-state index is 14.6. The van der Waals surface area contributed by atoms with Crippen LogP contribution in [0, 0.1) is 17.7 Å². The van der Waals surface area contributed by atoms with E-state index in [0.29, 0.717) is 0 Å². The summed E-state index contributed by atoms with van der Waals surface area (Å²) >= 11 is 0. The van der Waals surface area contributed by atoms with Gasteiger partial charge in [0, 0.05) is 12.7 Å². The van der Waals surface area contributed by atoms with E-state index in [2.05, 4.69) is 21.8 Å². The van der Waals surface area contributed by atoms with Gasteiger partial charge in [0.1, 0.15) is 41.9 Å². The summed E-state index contributed by atoms with van der Waals surface area (Å²) in [6, 6.07) is 3.61. The van der Waals surface area contributed by atoms with Crippen molar-refractivity contribution in [2.24, 2.45) is 5.14 Å². The molecule has 0 amide bonds. The number of nitrogen functional groups attached to an aromatic ring is 1. The number of halogens is 1. The van der Waals surface area contributed by atoms with Gasteiger partial charge in [0.2, 0.25) is 0 Å². The number of aromatic nitrogens is 3. The van der Waals surface area contributed by atoms with Gasteiger partial charge in [-0.15, -0.1) is 0 Å². The van der Waals surface area contributed by atoms with Crippen molar-refractivity contribution in [3.63, 3.8) is 0 Å². The Morgan fingerprint density at radius 1 is 1.19 bits per heavy atom. The van der Waals surface area contributed by atoms with Crippen LogP contribution in [0.5, 0.6) is 0 Å². The van der Waals surface area contributed by atoms with Gasteiger partial charge < -0.3 is 25.3 Å². The molecule has 0 aliphatic carbocycles. The van der Waals surface area contributed by atoms with E-state index in [1.165, 1.54) is 29.8 Å². The predicted octanol–water partition coefficient (Wildman–Crippen LogP) is -1.24. The topological polar surface area (TPSA) is 213 Å². The van der Waals surface area contributed by atoms with Crippen LogP contribution in [0.3, 0.4) is 0 Å². The van der Waals surface area contributed by atoms with E-state index in [4.69, 9.17) is 15.6 Å². The van der Waals surface area contributed by atoms with E-state index in [0.717, 1.165) is 12.4 Å². The standard InChI is InChI=1S/C21H23FN6O7S2/c1-2-36(31,32)15-5-3-4-13(22)12(15)7-6-11-9-28(20-16(11)19(23)25-10-26-20)21-18(30)17(29)14(35-21)8-27-37(24,33)34/h3-5,9-10,14,17-18,21,27,29-30H,2,8H2,1H3,(H2,23,25,26)(H2,24,33,34)/t14-,17-,18-,21-/m1/s1. The first-order valence-corrected chi connectivity index (χ1v) is 14.0. The molecule has 1 saturated heterocycles. The number of fused-ring (bicyclic) bond motifs is 1. The summed E-state index contributed by atoms with van der Waals surface area (Å²) in [6.45, 7) is 1.01. The monoisotopic (exact) mass is 554 g/mol. The molecule has 0 spiro atoms. The van der Waals surface area contributed by atoms with E-state index >= 15 is 0 Å². The minimum atomic E-state index is -4.08. The number of nitrogens with zero attached hydrogens (tertiary/aromatic N) is 3. The number of hydrogen-bond acceptors (Lipinski definition) is 10. The van der Waals surface area contributed by atoms with Crippen LogP contribution < -0.4 is 15.6 Å². The molecule has 1 aliphatic heterocycles. The van der Waals surface area contributed by atoms with E-state index < -0.39 is 56.9 Å². The van der Waals surface area contributed by atoms with Crippen molar-refractivity contribution in [2.45, 2.75) is 36.4 Å². The van der Waals surface area contributed by atoms with Gasteiger partial charge in [-0.1, -0.05) is 24.8 Å². The number of benzene rings is 1. The molecule has 0 radical (unpaired) electrons. The number of aliphatic hydroxyl groups excluding tert-OH is 2. The summed E-state index contributed by atoms with van der Waals surface area (Å²) < 4.78 is 70.9. The molecule has 16 heteroatoms. The zero-order valence-corrected chi connectivity index (χ0v) is 20.9. The quantitative estimate of drug-likeness (QED) is 0.229. The Morgan fingerprint density at radius 3 is 2.59 bits per heavy atom. The largest absolute Gasteiger partial charge is 0.387 e. The lowest BCUT2D eigenvalue weighted by atomic mass is 10.1. The third kappa shape index (κ3) is 5.29. The number of nitrogens with one attached hydrogen (secondary N) is 1. The van der Waals surface area contributed by atoms with Gasteiger partial charge in [0.25, 0.3) is 10.2 Å². The Morgan fingerprint density at radius 2 is 1.92 bits per heavy atom. The molecular formula is C21H23FN6O7S2. The van der Waals surface area contributed by atoms with Gasteiger partial charge in [-0.3, -0.25) is 0 Å². The number of sulfone groups is 1. The smallest absolute Gasteiger partial charge is 0.274 e. The highest BCUT2D eigenvalue weighted by molar-refractivity contribution is 7.91. The van der Waals surface area contributed by atoms with E-state index in [-0.39, 0.29) is 38.6 Å². The van der Waals surface area contributed by atoms with Crippen molar-refractivity contribution in [1.29, 1.82) is 0 Å². The summed E-state index contributed by atoms with van der Waals surface area (Å²) in [5.41, 5.74) is 6.00. The first-order chi connectivity index (χ1) is 17.3. The molecule has 3 heterocycles. The molecule has 3 aromatic rings. The zero-order valence-electron chi connectivity index (χ0n) is 19.2. The molecule has 2 aromatic heterocycles. The molecule has 0 saturated carbocycles. The Labute approximate surface area is 211 Å². The second-order valence-corrected chi connectivity index (χ2v) is 11.7. The van der Waals surface area contributed by atoms with Gasteiger partial charge in [-0.25, -0.2) is 27.9 Å². The van der Waals surface area contributed by atoms with Crippen LogP contribution in [0.4, 0.5) is 10.2 Å². The van der Waals surface area contributed by atoms with Gasteiger partial charge in [0.15, 0.2) is 16.1 Å².